The molecule has 2 rings (SSSR count). The first-order valence-corrected chi connectivity index (χ1v) is 5.96. The first kappa shape index (κ1) is 13.3. The van der Waals surface area contributed by atoms with Gasteiger partial charge in [0.25, 0.3) is 0 Å². The first-order chi connectivity index (χ1) is 9.11. The van der Waals surface area contributed by atoms with Crippen molar-refractivity contribution in [1.82, 2.24) is 0 Å². The van der Waals surface area contributed by atoms with Crippen molar-refractivity contribution in [3.05, 3.63) is 59.7 Å². The Morgan fingerprint density at radius 3 is 2.58 bits per heavy atom. The van der Waals surface area contributed by atoms with Gasteiger partial charge in [0.15, 0.2) is 0 Å². The normalized spacial score (nSPS) is 12.0. The van der Waals surface area contributed by atoms with Crippen LogP contribution in [-0.2, 0) is 0 Å². The molecule has 1 N–H and O–H groups in total. The number of benzene rings is 2. The maximum Gasteiger partial charge on any atom is 0.141 e. The number of methoxy groups -OCH3 is 1. The lowest BCUT2D eigenvalue weighted by molar-refractivity contribution is 0.416. The van der Waals surface area contributed by atoms with Gasteiger partial charge < -0.3 is 10.1 Å². The number of rotatable bonds is 4. The minimum absolute atomic E-state index is 0.283. The third-order valence-electron chi connectivity index (χ3n) is 2.90. The zero-order chi connectivity index (χ0) is 13.8. The smallest absolute Gasteiger partial charge is 0.141 e. The highest BCUT2D eigenvalue weighted by Gasteiger charge is 2.13. The molecule has 0 saturated carbocycles. The van der Waals surface area contributed by atoms with Gasteiger partial charge >= 0.3 is 0 Å². The second-order valence-electron chi connectivity index (χ2n) is 4.23. The van der Waals surface area contributed by atoms with Crippen molar-refractivity contribution >= 4 is 5.69 Å². The van der Waals surface area contributed by atoms with E-state index in [1.807, 2.05) is 18.2 Å². The molecule has 2 aromatic carbocycles. The molecule has 0 saturated heterocycles. The van der Waals surface area contributed by atoms with Gasteiger partial charge in [0.05, 0.1) is 18.8 Å². The molecule has 0 amide bonds. The summed E-state index contributed by atoms with van der Waals surface area (Å²) in [5.41, 5.74) is 1.02. The summed E-state index contributed by atoms with van der Waals surface area (Å²) < 4.78 is 32.0. The van der Waals surface area contributed by atoms with Crippen LogP contribution in [0.1, 0.15) is 18.5 Å². The van der Waals surface area contributed by atoms with Crippen LogP contribution in [0.3, 0.4) is 0 Å². The van der Waals surface area contributed by atoms with Gasteiger partial charge in [-0.05, 0) is 37.3 Å². The van der Waals surface area contributed by atoms with E-state index in [-0.39, 0.29) is 11.6 Å². The van der Waals surface area contributed by atoms with Gasteiger partial charge in [-0.3, -0.25) is 0 Å². The van der Waals surface area contributed by atoms with E-state index in [2.05, 4.69) is 5.32 Å². The summed E-state index contributed by atoms with van der Waals surface area (Å²) in [6.07, 6.45) is 0. The molecule has 1 atom stereocenters. The van der Waals surface area contributed by atoms with E-state index in [1.54, 1.807) is 20.1 Å². The van der Waals surface area contributed by atoms with Crippen LogP contribution < -0.4 is 10.1 Å². The number of halogens is 2. The molecule has 0 aromatic heterocycles. The second-order valence-corrected chi connectivity index (χ2v) is 4.23. The van der Waals surface area contributed by atoms with Crippen LogP contribution in [-0.4, -0.2) is 7.11 Å². The molecular weight excluding hydrogens is 248 g/mol. The molecule has 19 heavy (non-hydrogen) atoms. The third-order valence-corrected chi connectivity index (χ3v) is 2.90. The predicted octanol–water partition coefficient (Wildman–Crippen LogP) is 4.15. The molecule has 0 radical (unpaired) electrons. The Bertz CT molecular complexity index is 572. The van der Waals surface area contributed by atoms with Gasteiger partial charge in [0, 0.05) is 5.56 Å². The fourth-order valence-electron chi connectivity index (χ4n) is 1.92. The number of nitrogens with one attached hydrogen (secondary N) is 1. The Kier molecular flexibility index (Phi) is 4.00. The Morgan fingerprint density at radius 2 is 1.84 bits per heavy atom. The molecular formula is C15H15F2NO. The van der Waals surface area contributed by atoms with E-state index < -0.39 is 11.6 Å². The van der Waals surface area contributed by atoms with Crippen molar-refractivity contribution < 1.29 is 13.5 Å². The largest absolute Gasteiger partial charge is 0.495 e. The highest BCUT2D eigenvalue weighted by atomic mass is 19.1. The van der Waals surface area contributed by atoms with Crippen LogP contribution in [0.4, 0.5) is 14.5 Å². The van der Waals surface area contributed by atoms with Crippen molar-refractivity contribution in [3.63, 3.8) is 0 Å². The van der Waals surface area contributed by atoms with Crippen LogP contribution in [0, 0.1) is 11.6 Å². The predicted molar refractivity (Wildman–Crippen MR) is 71.4 cm³/mol. The van der Waals surface area contributed by atoms with Gasteiger partial charge in [-0.2, -0.15) is 0 Å². The van der Waals surface area contributed by atoms with Gasteiger partial charge in [-0.25, -0.2) is 8.78 Å². The molecule has 0 aliphatic carbocycles. The SMILES string of the molecule is COc1ccccc1NC(C)c1cc(F)ccc1F. The first-order valence-electron chi connectivity index (χ1n) is 5.96. The highest BCUT2D eigenvalue weighted by Crippen LogP contribution is 2.28. The third kappa shape index (κ3) is 3.02. The molecule has 1 unspecified atom stereocenters. The summed E-state index contributed by atoms with van der Waals surface area (Å²) in [7, 11) is 1.56. The van der Waals surface area contributed by atoms with Crippen LogP contribution in [0.2, 0.25) is 0 Å². The molecule has 0 heterocycles. The van der Waals surface area contributed by atoms with Gasteiger partial charge in [0.2, 0.25) is 0 Å². The zero-order valence-corrected chi connectivity index (χ0v) is 10.8. The van der Waals surface area contributed by atoms with Crippen molar-refractivity contribution in [3.8, 4) is 5.75 Å². The monoisotopic (exact) mass is 263 g/mol. The summed E-state index contributed by atoms with van der Waals surface area (Å²) in [4.78, 5) is 0. The zero-order valence-electron chi connectivity index (χ0n) is 10.8. The topological polar surface area (TPSA) is 21.3 Å². The molecule has 0 fully saturated rings. The lowest BCUT2D eigenvalue weighted by Gasteiger charge is -2.18. The van der Waals surface area contributed by atoms with Crippen molar-refractivity contribution in [2.75, 3.05) is 12.4 Å². The van der Waals surface area contributed by atoms with Crippen molar-refractivity contribution in [2.24, 2.45) is 0 Å². The van der Waals surface area contributed by atoms with Crippen molar-refractivity contribution in [2.45, 2.75) is 13.0 Å². The van der Waals surface area contributed by atoms with Gasteiger partial charge in [-0.1, -0.05) is 12.1 Å². The summed E-state index contributed by atoms with van der Waals surface area (Å²) >= 11 is 0. The fraction of sp³-hybridized carbons (Fsp3) is 0.200. The molecule has 0 bridgehead atoms. The average Bonchev–Trinajstić information content (AvgIpc) is 2.42. The molecule has 2 nitrogen and oxygen atoms in total. The summed E-state index contributed by atoms with van der Waals surface area (Å²) in [6, 6.07) is 10.4. The molecule has 2 aromatic rings. The Balaban J connectivity index is 2.25. The van der Waals surface area contributed by atoms with Crippen LogP contribution in [0.25, 0.3) is 0 Å². The number of ether oxygens (including phenoxy) is 1. The van der Waals surface area contributed by atoms with E-state index in [4.69, 9.17) is 4.74 Å². The maximum atomic E-state index is 13.7. The molecule has 4 heteroatoms. The molecule has 0 spiro atoms. The summed E-state index contributed by atoms with van der Waals surface area (Å²) in [5.74, 6) is -0.229. The van der Waals surface area contributed by atoms with E-state index in [0.717, 1.165) is 17.8 Å². The Labute approximate surface area is 111 Å². The number of anilines is 1. The fourth-order valence-corrected chi connectivity index (χ4v) is 1.92. The van der Waals surface area contributed by atoms with E-state index >= 15 is 0 Å². The minimum atomic E-state index is -0.454. The van der Waals surface area contributed by atoms with Crippen LogP contribution in [0.15, 0.2) is 42.5 Å². The van der Waals surface area contributed by atoms with Crippen LogP contribution >= 0.6 is 0 Å². The van der Waals surface area contributed by atoms with Gasteiger partial charge in [-0.15, -0.1) is 0 Å². The number of hydrogen-bond donors (Lipinski definition) is 1. The Hall–Kier alpha value is -2.10. The summed E-state index contributed by atoms with van der Waals surface area (Å²) in [6.45, 7) is 1.77. The van der Waals surface area contributed by atoms with E-state index in [9.17, 15) is 8.78 Å². The summed E-state index contributed by atoms with van der Waals surface area (Å²) in [5, 5.41) is 3.11. The number of para-hydroxylation sites is 2. The molecule has 0 aliphatic rings. The van der Waals surface area contributed by atoms with Gasteiger partial charge in [0.1, 0.15) is 17.4 Å². The Morgan fingerprint density at radius 1 is 1.11 bits per heavy atom. The van der Waals surface area contributed by atoms with E-state index in [1.165, 1.54) is 6.07 Å². The molecule has 100 valence electrons. The minimum Gasteiger partial charge on any atom is -0.495 e. The second kappa shape index (κ2) is 5.69. The van der Waals surface area contributed by atoms with Crippen molar-refractivity contribution in [1.29, 1.82) is 0 Å². The molecule has 0 aliphatic heterocycles. The lowest BCUT2D eigenvalue weighted by atomic mass is 10.1. The lowest BCUT2D eigenvalue weighted by Crippen LogP contribution is -2.09. The highest BCUT2D eigenvalue weighted by molar-refractivity contribution is 5.57. The average molecular weight is 263 g/mol. The number of hydrogen-bond acceptors (Lipinski definition) is 2. The maximum absolute atomic E-state index is 13.7. The standard InChI is InChI=1S/C15H15F2NO/c1-10(12-9-11(16)7-8-13(12)17)18-14-5-3-4-6-15(14)19-2/h3-10,18H,1-2H3. The van der Waals surface area contributed by atoms with Crippen LogP contribution in [0.5, 0.6) is 5.75 Å². The van der Waals surface area contributed by atoms with E-state index in [0.29, 0.717) is 5.75 Å². The quantitative estimate of drug-likeness (QED) is 0.894.